The van der Waals surface area contributed by atoms with Gasteiger partial charge in [-0.15, -0.1) is 0 Å². The average molecular weight is 255 g/mol. The summed E-state index contributed by atoms with van der Waals surface area (Å²) in [6, 6.07) is 0. The summed E-state index contributed by atoms with van der Waals surface area (Å²) in [4.78, 5) is 2.42. The highest BCUT2D eigenvalue weighted by Crippen LogP contribution is 2.39. The first kappa shape index (κ1) is 12.9. The minimum Gasteiger partial charge on any atom is -0.393 e. The molecule has 4 heteroatoms. The van der Waals surface area contributed by atoms with E-state index in [0.29, 0.717) is 5.92 Å². The number of aliphatic hydroxyl groups is 1. The second-order valence-corrected chi connectivity index (χ2v) is 6.22. The number of rotatable bonds is 3. The quantitative estimate of drug-likeness (QED) is 0.827. The molecule has 0 bridgehead atoms. The molecule has 3 aliphatic rings. The fraction of sp³-hybridized carbons (Fsp3) is 1.00. The summed E-state index contributed by atoms with van der Waals surface area (Å²) < 4.78 is 12.0. The van der Waals surface area contributed by atoms with Crippen LogP contribution < -0.4 is 0 Å². The molecule has 1 saturated carbocycles. The highest BCUT2D eigenvalue weighted by Gasteiger charge is 2.44. The summed E-state index contributed by atoms with van der Waals surface area (Å²) in [6.07, 6.45) is 5.77. The predicted molar refractivity (Wildman–Crippen MR) is 68.3 cm³/mol. The van der Waals surface area contributed by atoms with Crippen LogP contribution in [-0.4, -0.2) is 54.2 Å². The number of hydrogen-bond donors (Lipinski definition) is 1. The van der Waals surface area contributed by atoms with Crippen LogP contribution in [0.5, 0.6) is 0 Å². The Balaban J connectivity index is 1.47. The van der Waals surface area contributed by atoms with Crippen LogP contribution in [0.15, 0.2) is 0 Å². The van der Waals surface area contributed by atoms with Crippen LogP contribution in [0.3, 0.4) is 0 Å². The summed E-state index contributed by atoms with van der Waals surface area (Å²) in [6.45, 7) is 5.70. The lowest BCUT2D eigenvalue weighted by atomic mass is 10.0. The third-order valence-electron chi connectivity index (χ3n) is 4.73. The van der Waals surface area contributed by atoms with E-state index < -0.39 is 0 Å². The molecule has 0 amide bonds. The van der Waals surface area contributed by atoms with Crippen molar-refractivity contribution < 1.29 is 14.6 Å². The number of hydrogen-bond acceptors (Lipinski definition) is 4. The molecule has 1 spiro atoms. The molecular formula is C14H25NO3. The fourth-order valence-corrected chi connectivity index (χ4v) is 3.59. The van der Waals surface area contributed by atoms with Crippen LogP contribution in [0, 0.1) is 5.92 Å². The molecule has 0 aromatic carbocycles. The van der Waals surface area contributed by atoms with Crippen molar-refractivity contribution in [2.24, 2.45) is 5.92 Å². The summed E-state index contributed by atoms with van der Waals surface area (Å²) in [5, 5.41) is 9.62. The van der Waals surface area contributed by atoms with Crippen LogP contribution in [-0.2, 0) is 9.47 Å². The smallest absolute Gasteiger partial charge is 0.168 e. The largest absolute Gasteiger partial charge is 0.393 e. The predicted octanol–water partition coefficient (Wildman–Crippen LogP) is 1.37. The summed E-state index contributed by atoms with van der Waals surface area (Å²) in [5.74, 6) is 0.210. The number of ether oxygens (including phenoxy) is 2. The van der Waals surface area contributed by atoms with Gasteiger partial charge in [-0.2, -0.15) is 0 Å². The summed E-state index contributed by atoms with van der Waals surface area (Å²) >= 11 is 0. The molecule has 3 atom stereocenters. The van der Waals surface area contributed by atoms with E-state index in [1.54, 1.807) is 0 Å². The van der Waals surface area contributed by atoms with Crippen LogP contribution in [0.2, 0.25) is 0 Å². The van der Waals surface area contributed by atoms with Gasteiger partial charge in [0.05, 0.1) is 18.8 Å². The number of likely N-dealkylation sites (tertiary alicyclic amines) is 1. The van der Waals surface area contributed by atoms with Crippen LogP contribution >= 0.6 is 0 Å². The van der Waals surface area contributed by atoms with Gasteiger partial charge < -0.3 is 19.5 Å². The van der Waals surface area contributed by atoms with Crippen molar-refractivity contribution >= 4 is 0 Å². The molecule has 0 aromatic heterocycles. The Bertz CT molecular complexity index is 289. The average Bonchev–Trinajstić information content (AvgIpc) is 3.03. The Morgan fingerprint density at radius 1 is 1.39 bits per heavy atom. The zero-order valence-corrected chi connectivity index (χ0v) is 11.3. The van der Waals surface area contributed by atoms with Crippen LogP contribution in [0.1, 0.15) is 39.0 Å². The van der Waals surface area contributed by atoms with E-state index in [-0.39, 0.29) is 18.0 Å². The maximum atomic E-state index is 9.62. The maximum Gasteiger partial charge on any atom is 0.168 e. The molecule has 0 aromatic rings. The molecule has 2 aliphatic heterocycles. The Morgan fingerprint density at radius 2 is 2.17 bits per heavy atom. The molecule has 3 rings (SSSR count). The van der Waals surface area contributed by atoms with Crippen molar-refractivity contribution in [1.82, 2.24) is 4.90 Å². The molecule has 2 saturated heterocycles. The monoisotopic (exact) mass is 255 g/mol. The molecule has 3 unspecified atom stereocenters. The first-order valence-corrected chi connectivity index (χ1v) is 7.39. The van der Waals surface area contributed by atoms with E-state index in [9.17, 15) is 5.11 Å². The Hall–Kier alpha value is -0.160. The molecule has 1 aliphatic carbocycles. The van der Waals surface area contributed by atoms with Crippen molar-refractivity contribution in [3.63, 3.8) is 0 Å². The van der Waals surface area contributed by atoms with Gasteiger partial charge in [0.2, 0.25) is 0 Å². The molecule has 18 heavy (non-hydrogen) atoms. The van der Waals surface area contributed by atoms with Crippen molar-refractivity contribution in [3.8, 4) is 0 Å². The fourth-order valence-electron chi connectivity index (χ4n) is 3.59. The van der Waals surface area contributed by atoms with Gasteiger partial charge in [0.15, 0.2) is 5.79 Å². The molecule has 104 valence electrons. The van der Waals surface area contributed by atoms with Gasteiger partial charge in [0.25, 0.3) is 0 Å². The van der Waals surface area contributed by atoms with Gasteiger partial charge in [-0.25, -0.2) is 0 Å². The Morgan fingerprint density at radius 3 is 2.83 bits per heavy atom. The zero-order valence-electron chi connectivity index (χ0n) is 11.3. The Labute approximate surface area is 109 Å². The summed E-state index contributed by atoms with van der Waals surface area (Å²) in [5.41, 5.74) is 0. The van der Waals surface area contributed by atoms with Crippen molar-refractivity contribution in [1.29, 1.82) is 0 Å². The third-order valence-corrected chi connectivity index (χ3v) is 4.73. The maximum absolute atomic E-state index is 9.62. The van der Waals surface area contributed by atoms with Crippen LogP contribution in [0.4, 0.5) is 0 Å². The van der Waals surface area contributed by atoms with E-state index in [0.717, 1.165) is 45.5 Å². The van der Waals surface area contributed by atoms with E-state index in [1.807, 2.05) is 6.92 Å². The van der Waals surface area contributed by atoms with Gasteiger partial charge in [-0.3, -0.25) is 0 Å². The van der Waals surface area contributed by atoms with E-state index in [4.69, 9.17) is 9.47 Å². The van der Waals surface area contributed by atoms with Crippen molar-refractivity contribution in [2.75, 3.05) is 26.2 Å². The minimum absolute atomic E-state index is 0.183. The SMILES string of the molecule is CC(O)C1CCN(CC2COC3(CCCC3)O2)C1. The standard InChI is InChI=1S/C14H25NO3/c1-11(16)12-4-7-15(8-12)9-13-10-17-14(18-13)5-2-3-6-14/h11-13,16H,2-10H2,1H3. The Kier molecular flexibility index (Phi) is 3.63. The van der Waals surface area contributed by atoms with Gasteiger partial charge in [-0.05, 0) is 38.6 Å². The second kappa shape index (κ2) is 5.08. The highest BCUT2D eigenvalue weighted by molar-refractivity contribution is 4.87. The first-order chi connectivity index (χ1) is 8.67. The second-order valence-electron chi connectivity index (χ2n) is 6.22. The van der Waals surface area contributed by atoms with E-state index in [1.165, 1.54) is 12.8 Å². The molecular weight excluding hydrogens is 230 g/mol. The molecule has 0 radical (unpaired) electrons. The molecule has 4 nitrogen and oxygen atoms in total. The zero-order chi connectivity index (χ0) is 12.6. The van der Waals surface area contributed by atoms with E-state index >= 15 is 0 Å². The topological polar surface area (TPSA) is 41.9 Å². The molecule has 2 heterocycles. The normalized spacial score (nSPS) is 37.7. The van der Waals surface area contributed by atoms with Gasteiger partial charge in [-0.1, -0.05) is 0 Å². The third kappa shape index (κ3) is 2.57. The lowest BCUT2D eigenvalue weighted by Gasteiger charge is -2.24. The number of aliphatic hydroxyl groups excluding tert-OH is 1. The number of nitrogens with zero attached hydrogens (tertiary/aromatic N) is 1. The van der Waals surface area contributed by atoms with Crippen LogP contribution in [0.25, 0.3) is 0 Å². The van der Waals surface area contributed by atoms with Gasteiger partial charge in [0.1, 0.15) is 0 Å². The van der Waals surface area contributed by atoms with Crippen molar-refractivity contribution in [2.45, 2.75) is 57.0 Å². The lowest BCUT2D eigenvalue weighted by molar-refractivity contribution is -0.163. The molecule has 3 fully saturated rings. The van der Waals surface area contributed by atoms with Gasteiger partial charge in [0, 0.05) is 25.9 Å². The van der Waals surface area contributed by atoms with Crippen molar-refractivity contribution in [3.05, 3.63) is 0 Å². The lowest BCUT2D eigenvalue weighted by Crippen LogP contribution is -2.34. The highest BCUT2D eigenvalue weighted by atomic mass is 16.7. The van der Waals surface area contributed by atoms with E-state index in [2.05, 4.69) is 4.90 Å². The minimum atomic E-state index is -0.228. The first-order valence-electron chi connectivity index (χ1n) is 7.39. The summed E-state index contributed by atoms with van der Waals surface area (Å²) in [7, 11) is 0. The van der Waals surface area contributed by atoms with Gasteiger partial charge >= 0.3 is 0 Å². The molecule has 1 N–H and O–H groups in total.